The summed E-state index contributed by atoms with van der Waals surface area (Å²) in [5.41, 5.74) is -0.0429. The molecule has 0 atom stereocenters. The molecule has 2 aromatic rings. The molecule has 6 heteroatoms. The summed E-state index contributed by atoms with van der Waals surface area (Å²) in [6, 6.07) is 2.90. The molecule has 0 heterocycles. The third kappa shape index (κ3) is 2.50. The maximum Gasteiger partial charge on any atom is 0.194 e. The lowest BCUT2D eigenvalue weighted by Crippen LogP contribution is -2.03. The topological polar surface area (TPSA) is 0 Å². The van der Waals surface area contributed by atoms with Gasteiger partial charge in [-0.25, -0.2) is 26.3 Å². The van der Waals surface area contributed by atoms with Gasteiger partial charge in [-0.05, 0) is 35.4 Å². The molecule has 0 bridgehead atoms. The highest BCUT2D eigenvalue weighted by Gasteiger charge is 2.19. The first-order valence-electron chi connectivity index (χ1n) is 5.60. The normalized spacial score (nSPS) is 11.2. The maximum atomic E-state index is 13.1. The Morgan fingerprint density at radius 3 is 1.10 bits per heavy atom. The predicted octanol–water partition coefficient (Wildman–Crippen LogP) is 4.67. The molecule has 0 aromatic heterocycles. The Hall–Kier alpha value is -1.98. The average Bonchev–Trinajstić information content (AvgIpc) is 2.40. The molecule has 106 valence electrons. The predicted molar refractivity (Wildman–Crippen MR) is 60.1 cm³/mol. The first-order valence-corrected chi connectivity index (χ1v) is 5.60. The summed E-state index contributed by atoms with van der Waals surface area (Å²) in [6.45, 7) is 1.40. The van der Waals surface area contributed by atoms with Crippen LogP contribution in [0.4, 0.5) is 26.3 Å². The van der Waals surface area contributed by atoms with Gasteiger partial charge in [-0.3, -0.25) is 0 Å². The van der Waals surface area contributed by atoms with Crippen molar-refractivity contribution < 1.29 is 26.3 Å². The first kappa shape index (κ1) is 14.4. The lowest BCUT2D eigenvalue weighted by atomic mass is 9.92. The van der Waals surface area contributed by atoms with Crippen molar-refractivity contribution in [3.8, 4) is 0 Å². The van der Waals surface area contributed by atoms with Crippen molar-refractivity contribution in [3.05, 3.63) is 70.3 Å². The molecule has 0 N–H and O–H groups in total. The fraction of sp³-hybridized carbons (Fsp3) is 0.143. The van der Waals surface area contributed by atoms with Crippen LogP contribution in [0, 0.1) is 34.9 Å². The third-order valence-electron chi connectivity index (χ3n) is 3.01. The van der Waals surface area contributed by atoms with E-state index in [1.54, 1.807) is 0 Å². The van der Waals surface area contributed by atoms with E-state index < -0.39 is 40.8 Å². The Bertz CT molecular complexity index is 561. The molecule has 0 unspecified atom stereocenters. The van der Waals surface area contributed by atoms with Gasteiger partial charge in [0.15, 0.2) is 34.9 Å². The average molecular weight is 290 g/mol. The second kappa shape index (κ2) is 5.19. The van der Waals surface area contributed by atoms with Gasteiger partial charge in [0, 0.05) is 5.92 Å². The first-order chi connectivity index (χ1) is 9.31. The summed E-state index contributed by atoms with van der Waals surface area (Å²) in [6.07, 6.45) is 0. The Morgan fingerprint density at radius 2 is 0.850 bits per heavy atom. The standard InChI is InChI=1S/C14H8F6/c1-6(7-2-9(15)13(19)10(16)3-7)8-4-11(17)14(20)12(18)5-8/h2-6H,1H3. The van der Waals surface area contributed by atoms with Gasteiger partial charge in [-0.1, -0.05) is 6.92 Å². The van der Waals surface area contributed by atoms with Gasteiger partial charge >= 0.3 is 0 Å². The van der Waals surface area contributed by atoms with E-state index in [2.05, 4.69) is 0 Å². The number of halogens is 6. The highest BCUT2D eigenvalue weighted by atomic mass is 19.2. The van der Waals surface area contributed by atoms with Crippen molar-refractivity contribution in [2.75, 3.05) is 0 Å². The fourth-order valence-electron chi connectivity index (χ4n) is 1.84. The summed E-state index contributed by atoms with van der Waals surface area (Å²) in [5, 5.41) is 0. The van der Waals surface area contributed by atoms with Gasteiger partial charge in [0.1, 0.15) is 0 Å². The summed E-state index contributed by atoms with van der Waals surface area (Å²) < 4.78 is 78.1. The second-order valence-corrected chi connectivity index (χ2v) is 4.32. The van der Waals surface area contributed by atoms with Crippen LogP contribution in [0.5, 0.6) is 0 Å². The quantitative estimate of drug-likeness (QED) is 0.557. The van der Waals surface area contributed by atoms with E-state index >= 15 is 0 Å². The molecule has 0 nitrogen and oxygen atoms in total. The van der Waals surface area contributed by atoms with E-state index in [1.165, 1.54) is 6.92 Å². The minimum Gasteiger partial charge on any atom is -0.204 e. The van der Waals surface area contributed by atoms with Crippen molar-refractivity contribution in [1.82, 2.24) is 0 Å². The molecule has 0 aliphatic carbocycles. The van der Waals surface area contributed by atoms with Crippen molar-refractivity contribution in [2.24, 2.45) is 0 Å². The highest BCUT2D eigenvalue weighted by Crippen LogP contribution is 2.28. The second-order valence-electron chi connectivity index (χ2n) is 4.32. The smallest absolute Gasteiger partial charge is 0.194 e. The molecule has 20 heavy (non-hydrogen) atoms. The molecule has 2 rings (SSSR count). The number of benzene rings is 2. The van der Waals surface area contributed by atoms with Crippen molar-refractivity contribution in [2.45, 2.75) is 12.8 Å². The highest BCUT2D eigenvalue weighted by molar-refractivity contribution is 5.33. The van der Waals surface area contributed by atoms with Gasteiger partial charge in [-0.2, -0.15) is 0 Å². The SMILES string of the molecule is CC(c1cc(F)c(F)c(F)c1)c1cc(F)c(F)c(F)c1. The Morgan fingerprint density at radius 1 is 0.600 bits per heavy atom. The number of hydrogen-bond acceptors (Lipinski definition) is 0. The number of hydrogen-bond donors (Lipinski definition) is 0. The van der Waals surface area contributed by atoms with Crippen LogP contribution in [0.25, 0.3) is 0 Å². The minimum absolute atomic E-state index is 0.0215. The molecular formula is C14H8F6. The zero-order valence-corrected chi connectivity index (χ0v) is 10.2. The van der Waals surface area contributed by atoms with Gasteiger partial charge in [0.25, 0.3) is 0 Å². The maximum absolute atomic E-state index is 13.1. The van der Waals surface area contributed by atoms with Crippen molar-refractivity contribution in [3.63, 3.8) is 0 Å². The lowest BCUT2D eigenvalue weighted by Gasteiger charge is -2.14. The molecular weight excluding hydrogens is 282 g/mol. The molecule has 0 spiro atoms. The molecule has 0 saturated carbocycles. The number of rotatable bonds is 2. The van der Waals surface area contributed by atoms with Gasteiger partial charge < -0.3 is 0 Å². The summed E-state index contributed by atoms with van der Waals surface area (Å²) in [5.74, 6) is -9.73. The van der Waals surface area contributed by atoms with E-state index in [4.69, 9.17) is 0 Å². The molecule has 0 amide bonds. The molecule has 0 saturated heterocycles. The van der Waals surface area contributed by atoms with Gasteiger partial charge in [0.05, 0.1) is 0 Å². The fourth-order valence-corrected chi connectivity index (χ4v) is 1.84. The van der Waals surface area contributed by atoms with E-state index in [-0.39, 0.29) is 11.1 Å². The van der Waals surface area contributed by atoms with Crippen LogP contribution >= 0.6 is 0 Å². The van der Waals surface area contributed by atoms with Crippen LogP contribution < -0.4 is 0 Å². The monoisotopic (exact) mass is 290 g/mol. The molecule has 0 aliphatic heterocycles. The Balaban J connectivity index is 2.49. The molecule has 0 aliphatic rings. The van der Waals surface area contributed by atoms with Crippen LogP contribution in [-0.2, 0) is 0 Å². The minimum atomic E-state index is -1.63. The Labute approximate surface area is 110 Å². The van der Waals surface area contributed by atoms with Crippen molar-refractivity contribution >= 4 is 0 Å². The van der Waals surface area contributed by atoms with Crippen LogP contribution in [0.15, 0.2) is 24.3 Å². The molecule has 0 radical (unpaired) electrons. The van der Waals surface area contributed by atoms with E-state index in [0.29, 0.717) is 0 Å². The summed E-state index contributed by atoms with van der Waals surface area (Å²) in [4.78, 5) is 0. The largest absolute Gasteiger partial charge is 0.204 e. The van der Waals surface area contributed by atoms with E-state index in [1.807, 2.05) is 0 Å². The van der Waals surface area contributed by atoms with Gasteiger partial charge in [0.2, 0.25) is 0 Å². The lowest BCUT2D eigenvalue weighted by molar-refractivity contribution is 0.442. The Kier molecular flexibility index (Phi) is 3.74. The van der Waals surface area contributed by atoms with E-state index in [9.17, 15) is 26.3 Å². The summed E-state index contributed by atoms with van der Waals surface area (Å²) >= 11 is 0. The van der Waals surface area contributed by atoms with Crippen LogP contribution in [0.2, 0.25) is 0 Å². The molecule has 0 fully saturated rings. The van der Waals surface area contributed by atoms with Crippen LogP contribution in [0.1, 0.15) is 24.0 Å². The van der Waals surface area contributed by atoms with Crippen LogP contribution in [0.3, 0.4) is 0 Å². The zero-order valence-electron chi connectivity index (χ0n) is 10.2. The van der Waals surface area contributed by atoms with Crippen molar-refractivity contribution in [1.29, 1.82) is 0 Å². The van der Waals surface area contributed by atoms with E-state index in [0.717, 1.165) is 24.3 Å². The third-order valence-corrected chi connectivity index (χ3v) is 3.01. The molecule has 2 aromatic carbocycles. The van der Waals surface area contributed by atoms with Gasteiger partial charge in [-0.15, -0.1) is 0 Å². The zero-order chi connectivity index (χ0) is 15.0. The summed E-state index contributed by atoms with van der Waals surface area (Å²) in [7, 11) is 0. The van der Waals surface area contributed by atoms with Crippen LogP contribution in [-0.4, -0.2) is 0 Å².